The van der Waals surface area contributed by atoms with Crippen LogP contribution in [0.15, 0.2) is 72.8 Å². The quantitative estimate of drug-likeness (QED) is 0.264. The average Bonchev–Trinajstić information content (AvgIpc) is 3.09. The topological polar surface area (TPSA) is 138 Å². The molecule has 2 aliphatic heterocycles. The van der Waals surface area contributed by atoms with Crippen LogP contribution in [0.5, 0.6) is 6.01 Å². The molecule has 12 nitrogen and oxygen atoms in total. The van der Waals surface area contributed by atoms with Gasteiger partial charge in [0.2, 0.25) is 0 Å². The van der Waals surface area contributed by atoms with Crippen LogP contribution >= 0.6 is 0 Å². The minimum absolute atomic E-state index is 0.0454. The third-order valence-corrected chi connectivity index (χ3v) is 8.64. The Labute approximate surface area is 274 Å². The maximum absolute atomic E-state index is 13.1. The van der Waals surface area contributed by atoms with Gasteiger partial charge in [-0.05, 0) is 37.5 Å². The van der Waals surface area contributed by atoms with Gasteiger partial charge in [0.25, 0.3) is 0 Å². The van der Waals surface area contributed by atoms with Crippen LogP contribution in [0, 0.1) is 0 Å². The highest BCUT2D eigenvalue weighted by Crippen LogP contribution is 2.35. The number of fused-ring (bicyclic) bond motifs is 2. The summed E-state index contributed by atoms with van der Waals surface area (Å²) < 4.78 is 11.8. The zero-order chi connectivity index (χ0) is 32.9. The fourth-order valence-corrected chi connectivity index (χ4v) is 6.32. The van der Waals surface area contributed by atoms with Crippen molar-refractivity contribution < 1.29 is 24.2 Å². The molecule has 2 unspecified atom stereocenters. The Morgan fingerprint density at radius 2 is 1.74 bits per heavy atom. The van der Waals surface area contributed by atoms with Gasteiger partial charge in [-0.1, -0.05) is 66.7 Å². The zero-order valence-electron chi connectivity index (χ0n) is 26.8. The summed E-state index contributed by atoms with van der Waals surface area (Å²) in [7, 11) is 3.90. The predicted molar refractivity (Wildman–Crippen MR) is 180 cm³/mol. The molecule has 6 rings (SSSR count). The molecule has 1 aromatic heterocycles. The molecule has 12 heteroatoms. The SMILES string of the molecule is CN(C)CC(CN)Oc1nc2c(c(N3CCN(C(=O)OCc4ccccc4)C(C(=O)O)C3)n1)CCN(c1cccc3ccccc13)C2. The van der Waals surface area contributed by atoms with Crippen LogP contribution in [0.1, 0.15) is 16.8 Å². The van der Waals surface area contributed by atoms with Crippen molar-refractivity contribution in [3.8, 4) is 6.01 Å². The van der Waals surface area contributed by atoms with E-state index in [4.69, 9.17) is 25.2 Å². The van der Waals surface area contributed by atoms with Crippen LogP contribution in [-0.4, -0.2) is 102 Å². The second kappa shape index (κ2) is 14.2. The number of nitrogens with zero attached hydrogens (tertiary/aromatic N) is 6. The molecule has 1 saturated heterocycles. The molecule has 3 N–H and O–H groups in total. The van der Waals surface area contributed by atoms with Gasteiger partial charge >= 0.3 is 18.1 Å². The lowest BCUT2D eigenvalue weighted by Crippen LogP contribution is -2.59. The van der Waals surface area contributed by atoms with E-state index in [9.17, 15) is 14.7 Å². The van der Waals surface area contributed by atoms with Crippen molar-refractivity contribution in [1.29, 1.82) is 0 Å². The number of aromatic nitrogens is 2. The number of carbonyl (C=O) groups is 2. The molecule has 1 amide bonds. The molecule has 0 radical (unpaired) electrons. The number of carboxylic acid groups (broad SMARTS) is 1. The van der Waals surface area contributed by atoms with Gasteiger partial charge in [0.05, 0.1) is 18.8 Å². The number of piperazine rings is 1. The lowest BCUT2D eigenvalue weighted by molar-refractivity contribution is -0.142. The number of ether oxygens (including phenoxy) is 2. The summed E-state index contributed by atoms with van der Waals surface area (Å²) in [6, 6.07) is 23.0. The molecular formula is C35H41N7O5. The maximum atomic E-state index is 13.1. The Balaban J connectivity index is 1.29. The number of anilines is 2. The third-order valence-electron chi connectivity index (χ3n) is 8.64. The lowest BCUT2D eigenvalue weighted by Gasteiger charge is -2.41. The monoisotopic (exact) mass is 639 g/mol. The number of aliphatic carboxylic acids is 1. The van der Waals surface area contributed by atoms with Crippen LogP contribution in [0.3, 0.4) is 0 Å². The molecule has 2 atom stereocenters. The number of hydrogen-bond acceptors (Lipinski definition) is 10. The van der Waals surface area contributed by atoms with Crippen molar-refractivity contribution in [3.05, 3.63) is 89.6 Å². The van der Waals surface area contributed by atoms with Crippen LogP contribution in [-0.2, 0) is 29.1 Å². The van der Waals surface area contributed by atoms with Gasteiger partial charge in [-0.3, -0.25) is 4.90 Å². The molecule has 1 fully saturated rings. The summed E-state index contributed by atoms with van der Waals surface area (Å²) in [5, 5.41) is 12.6. The first-order chi connectivity index (χ1) is 22.8. The standard InChI is InChI=1S/C35H41N7O5/c1-39(2)20-26(19-36)47-34-37-29-21-40(30-14-8-12-25-11-6-7-13-27(25)30)16-15-28(29)32(38-34)41-17-18-42(31(22-41)33(43)44)35(45)46-23-24-9-4-3-5-10-24/h3-14,26,31H,15-23,36H2,1-2H3,(H,43,44). The second-order valence-corrected chi connectivity index (χ2v) is 12.2. The number of likely N-dealkylation sites (N-methyl/N-ethyl adjacent to an activating group) is 1. The fraction of sp³-hybridized carbons (Fsp3) is 0.371. The van der Waals surface area contributed by atoms with Crippen molar-refractivity contribution >= 4 is 34.3 Å². The van der Waals surface area contributed by atoms with Gasteiger partial charge < -0.3 is 35.0 Å². The first-order valence-corrected chi connectivity index (χ1v) is 15.9. The summed E-state index contributed by atoms with van der Waals surface area (Å²) in [5.74, 6) is -0.478. The summed E-state index contributed by atoms with van der Waals surface area (Å²) in [6.45, 7) is 2.77. The van der Waals surface area contributed by atoms with Crippen molar-refractivity contribution in [2.45, 2.75) is 31.7 Å². The number of benzene rings is 3. The summed E-state index contributed by atoms with van der Waals surface area (Å²) in [5.41, 5.74) is 9.78. The molecule has 3 aromatic carbocycles. The van der Waals surface area contributed by atoms with Crippen molar-refractivity contribution in [3.63, 3.8) is 0 Å². The van der Waals surface area contributed by atoms with Gasteiger partial charge in [0.1, 0.15) is 24.6 Å². The highest BCUT2D eigenvalue weighted by molar-refractivity contribution is 5.94. The number of rotatable bonds is 10. The molecular weight excluding hydrogens is 598 g/mol. The van der Waals surface area contributed by atoms with E-state index in [1.165, 1.54) is 4.90 Å². The van der Waals surface area contributed by atoms with Gasteiger partial charge in [-0.2, -0.15) is 9.97 Å². The normalized spacial score (nSPS) is 17.0. The molecule has 0 bridgehead atoms. The number of carbonyl (C=O) groups excluding carboxylic acids is 1. The van der Waals surface area contributed by atoms with E-state index in [0.29, 0.717) is 31.9 Å². The smallest absolute Gasteiger partial charge is 0.410 e. The molecule has 47 heavy (non-hydrogen) atoms. The predicted octanol–water partition coefficient (Wildman–Crippen LogP) is 3.37. The molecule has 4 aromatic rings. The van der Waals surface area contributed by atoms with E-state index in [1.807, 2.05) is 66.4 Å². The van der Waals surface area contributed by atoms with Gasteiger partial charge in [-0.15, -0.1) is 0 Å². The number of carboxylic acids is 1. The Kier molecular flexibility index (Phi) is 9.69. The van der Waals surface area contributed by atoms with E-state index in [1.54, 1.807) is 0 Å². The van der Waals surface area contributed by atoms with Crippen LogP contribution in [0.2, 0.25) is 0 Å². The number of hydrogen-bond donors (Lipinski definition) is 2. The van der Waals surface area contributed by atoms with Crippen LogP contribution in [0.4, 0.5) is 16.3 Å². The first kappa shape index (κ1) is 32.0. The zero-order valence-corrected chi connectivity index (χ0v) is 26.8. The Morgan fingerprint density at radius 3 is 2.51 bits per heavy atom. The number of nitrogens with two attached hydrogens (primary N) is 1. The van der Waals surface area contributed by atoms with Gasteiger partial charge in [0.15, 0.2) is 0 Å². The van der Waals surface area contributed by atoms with Gasteiger partial charge in [-0.25, -0.2) is 9.59 Å². The number of amides is 1. The molecule has 246 valence electrons. The van der Waals surface area contributed by atoms with E-state index in [2.05, 4.69) is 35.2 Å². The summed E-state index contributed by atoms with van der Waals surface area (Å²) in [6.07, 6.45) is -0.338. The van der Waals surface area contributed by atoms with E-state index in [-0.39, 0.29) is 38.4 Å². The van der Waals surface area contributed by atoms with Crippen molar-refractivity contribution in [1.82, 2.24) is 19.8 Å². The third kappa shape index (κ3) is 7.23. The Hall–Kier alpha value is -4.94. The Bertz CT molecular complexity index is 1710. The lowest BCUT2D eigenvalue weighted by atomic mass is 10.0. The van der Waals surface area contributed by atoms with Crippen LogP contribution < -0.4 is 20.3 Å². The van der Waals surface area contributed by atoms with E-state index < -0.39 is 18.1 Å². The average molecular weight is 640 g/mol. The molecule has 0 spiro atoms. The van der Waals surface area contributed by atoms with Crippen molar-refractivity contribution in [2.75, 3.05) is 63.2 Å². The van der Waals surface area contributed by atoms with E-state index in [0.717, 1.165) is 39.8 Å². The fourth-order valence-electron chi connectivity index (χ4n) is 6.32. The molecule has 0 saturated carbocycles. The minimum Gasteiger partial charge on any atom is -0.480 e. The minimum atomic E-state index is -1.12. The molecule has 0 aliphatic carbocycles. The van der Waals surface area contributed by atoms with Gasteiger partial charge in [0, 0.05) is 49.4 Å². The summed E-state index contributed by atoms with van der Waals surface area (Å²) in [4.78, 5) is 42.9. The largest absolute Gasteiger partial charge is 0.480 e. The first-order valence-electron chi connectivity index (χ1n) is 15.9. The van der Waals surface area contributed by atoms with Crippen molar-refractivity contribution in [2.24, 2.45) is 5.73 Å². The maximum Gasteiger partial charge on any atom is 0.410 e. The second-order valence-electron chi connectivity index (χ2n) is 12.2. The van der Waals surface area contributed by atoms with E-state index >= 15 is 0 Å². The highest BCUT2D eigenvalue weighted by Gasteiger charge is 2.38. The highest BCUT2D eigenvalue weighted by atomic mass is 16.6. The molecule has 3 heterocycles. The Morgan fingerprint density at radius 1 is 0.979 bits per heavy atom. The molecule has 2 aliphatic rings. The van der Waals surface area contributed by atoms with Crippen LogP contribution in [0.25, 0.3) is 10.8 Å². The summed E-state index contributed by atoms with van der Waals surface area (Å²) >= 11 is 0.